The van der Waals surface area contributed by atoms with Crippen molar-refractivity contribution < 1.29 is 33.5 Å². The van der Waals surface area contributed by atoms with Crippen LogP contribution in [-0.4, -0.2) is 56.1 Å². The molecule has 62 heavy (non-hydrogen) atoms. The highest BCUT2D eigenvalue weighted by atomic mass is 16.3. The first-order chi connectivity index (χ1) is 28.9. The third-order valence-electron chi connectivity index (χ3n) is 8.44. The molecule has 1 amide bonds. The Bertz CT molecular complexity index is 1990. The summed E-state index contributed by atoms with van der Waals surface area (Å²) in [6.45, 7) is 28.7. The maximum atomic E-state index is 11.4. The molecule has 2 aromatic carbocycles. The predicted octanol–water partition coefficient (Wildman–Crippen LogP) is 11.7. The number of hydrogen-bond donors (Lipinski definition) is 2. The fourth-order valence-electron chi connectivity index (χ4n) is 4.93. The second-order valence-electron chi connectivity index (χ2n) is 17.2. The molecule has 0 atom stereocenters. The van der Waals surface area contributed by atoms with Crippen LogP contribution in [0.5, 0.6) is 5.75 Å². The lowest BCUT2D eigenvalue weighted by atomic mass is 9.85. The Labute approximate surface area is 370 Å². The lowest BCUT2D eigenvalue weighted by Crippen LogP contribution is -2.24. The van der Waals surface area contributed by atoms with E-state index in [0.29, 0.717) is 28.5 Å². The van der Waals surface area contributed by atoms with Gasteiger partial charge in [-0.25, -0.2) is 4.98 Å². The van der Waals surface area contributed by atoms with E-state index in [9.17, 15) is 29.1 Å². The first-order valence-electron chi connectivity index (χ1n) is 21.2. The van der Waals surface area contributed by atoms with Crippen molar-refractivity contribution in [3.05, 3.63) is 120 Å². The molecular weight excluding hydrogens is 781 g/mol. The summed E-state index contributed by atoms with van der Waals surface area (Å²) in [6, 6.07) is 23.4. The molecular formula is C51H72N4O7. The topological polar surface area (TPSA) is 169 Å². The summed E-state index contributed by atoms with van der Waals surface area (Å²) in [5.74, 6) is 2.21. The fraction of sp³-hybridized carbons (Fsp3) is 0.451. The molecule has 5 rings (SSSR count). The number of rotatable bonds is 9. The molecule has 0 radical (unpaired) electrons. The summed E-state index contributed by atoms with van der Waals surface area (Å²) in [7, 11) is 1.64. The summed E-state index contributed by atoms with van der Waals surface area (Å²) in [5, 5.41) is 11.8. The van der Waals surface area contributed by atoms with Crippen molar-refractivity contribution in [1.82, 2.24) is 20.3 Å². The maximum Gasteiger partial charge on any atom is 0.222 e. The van der Waals surface area contributed by atoms with Gasteiger partial charge in [-0.3, -0.25) is 33.9 Å². The number of carbonyl (C=O) groups is 5. The van der Waals surface area contributed by atoms with Crippen LogP contribution in [0.25, 0.3) is 11.1 Å². The molecule has 0 bridgehead atoms. The van der Waals surface area contributed by atoms with E-state index in [-0.39, 0.29) is 64.0 Å². The Morgan fingerprint density at radius 1 is 0.613 bits per heavy atom. The second kappa shape index (κ2) is 28.6. The van der Waals surface area contributed by atoms with Crippen LogP contribution in [0.3, 0.4) is 0 Å². The second-order valence-corrected chi connectivity index (χ2v) is 17.2. The molecule has 0 aliphatic rings. The quantitative estimate of drug-likeness (QED) is 0.136. The number of carbonyl (C=O) groups excluding carboxylic acids is 5. The first kappa shape index (κ1) is 56.2. The Kier molecular flexibility index (Phi) is 25.9. The third kappa shape index (κ3) is 21.6. The minimum Gasteiger partial charge on any atom is -0.507 e. The summed E-state index contributed by atoms with van der Waals surface area (Å²) in [6.07, 6.45) is 4.90. The third-order valence-corrected chi connectivity index (χ3v) is 8.44. The van der Waals surface area contributed by atoms with Gasteiger partial charge in [0, 0.05) is 72.1 Å². The number of phenols is 1. The molecule has 3 aromatic heterocycles. The van der Waals surface area contributed by atoms with Crippen LogP contribution in [0, 0.1) is 35.0 Å². The van der Waals surface area contributed by atoms with Crippen LogP contribution in [0.15, 0.2) is 102 Å². The van der Waals surface area contributed by atoms with Crippen LogP contribution >= 0.6 is 0 Å². The van der Waals surface area contributed by atoms with Crippen molar-refractivity contribution in [2.24, 2.45) is 35.0 Å². The number of aromatic nitrogens is 3. The smallest absolute Gasteiger partial charge is 0.222 e. The van der Waals surface area contributed by atoms with Crippen LogP contribution in [0.1, 0.15) is 147 Å². The summed E-state index contributed by atoms with van der Waals surface area (Å²) in [4.78, 5) is 67.7. The number of oxazole rings is 1. The molecule has 5 aromatic rings. The van der Waals surface area contributed by atoms with E-state index in [1.807, 2.05) is 120 Å². The van der Waals surface area contributed by atoms with E-state index >= 15 is 0 Å². The zero-order valence-electron chi connectivity index (χ0n) is 39.9. The van der Waals surface area contributed by atoms with E-state index in [0.717, 1.165) is 17.0 Å². The molecule has 11 nitrogen and oxygen atoms in total. The normalized spacial score (nSPS) is 10.5. The SMILES string of the molecule is CC(C)C(=O)C(C)(C)C.CC(C)C(=O)c1ccccc1O.CC(C)C(=O)c1ccccn1.CC(C)C(=O)c1cccnc1.CC(C)c1nc2ccccc2o1.CNC(=O)C(C)C. The molecule has 0 unspecified atom stereocenters. The summed E-state index contributed by atoms with van der Waals surface area (Å²) < 4.78 is 5.52. The molecule has 0 saturated heterocycles. The molecule has 0 fully saturated rings. The number of fused-ring (bicyclic) bond motifs is 1. The van der Waals surface area contributed by atoms with Gasteiger partial charge in [-0.1, -0.05) is 134 Å². The Morgan fingerprint density at radius 2 is 1.16 bits per heavy atom. The number of aromatic hydroxyl groups is 1. The molecule has 338 valence electrons. The molecule has 2 N–H and O–H groups in total. The van der Waals surface area contributed by atoms with E-state index in [1.165, 1.54) is 6.07 Å². The van der Waals surface area contributed by atoms with E-state index < -0.39 is 0 Å². The van der Waals surface area contributed by atoms with Crippen LogP contribution in [0.2, 0.25) is 0 Å². The zero-order valence-corrected chi connectivity index (χ0v) is 39.9. The van der Waals surface area contributed by atoms with Crippen molar-refractivity contribution in [1.29, 1.82) is 0 Å². The molecule has 0 spiro atoms. The van der Waals surface area contributed by atoms with Gasteiger partial charge in [-0.2, -0.15) is 0 Å². The predicted molar refractivity (Wildman–Crippen MR) is 250 cm³/mol. The highest BCUT2D eigenvalue weighted by Crippen LogP contribution is 2.21. The van der Waals surface area contributed by atoms with Gasteiger partial charge >= 0.3 is 0 Å². The number of nitrogens with zero attached hydrogens (tertiary/aromatic N) is 3. The van der Waals surface area contributed by atoms with Gasteiger partial charge in [0.1, 0.15) is 22.7 Å². The molecule has 0 aliphatic heterocycles. The van der Waals surface area contributed by atoms with Gasteiger partial charge in [0.15, 0.2) is 28.8 Å². The summed E-state index contributed by atoms with van der Waals surface area (Å²) >= 11 is 0. The van der Waals surface area contributed by atoms with Gasteiger partial charge in [-0.05, 0) is 48.5 Å². The molecule has 11 heteroatoms. The van der Waals surface area contributed by atoms with Gasteiger partial charge in [0.05, 0.1) is 5.56 Å². The Morgan fingerprint density at radius 3 is 1.55 bits per heavy atom. The number of para-hydroxylation sites is 3. The standard InChI is InChI=1S/C10H11NO.C10H12O2.2C9H11NO.C8H16O.C5H11NO/c1-7(2)10-11-8-5-3-4-6-9(8)12-10;1-7(2)10(12)8-5-3-4-6-9(8)11;1-7(2)9(11)8-4-3-5-10-6-8;1-7(2)9(11)8-5-3-4-6-10-8;1-6(2)7(9)8(3,4)5;1-4(2)5(7)6-3/h3-7H,1-2H3;3-7,11H,1-2H3;2*3-7H,1-2H3;6H,1-5H3;4H,1-3H3,(H,6,7). The maximum absolute atomic E-state index is 11.4. The van der Waals surface area contributed by atoms with E-state index in [4.69, 9.17) is 4.42 Å². The number of pyridine rings is 2. The average Bonchev–Trinajstić information content (AvgIpc) is 3.69. The van der Waals surface area contributed by atoms with E-state index in [1.54, 1.807) is 68.1 Å². The van der Waals surface area contributed by atoms with Gasteiger partial charge in [0.25, 0.3) is 0 Å². The number of ketones is 4. The van der Waals surface area contributed by atoms with Gasteiger partial charge in [0.2, 0.25) is 5.91 Å². The molecule has 0 aliphatic carbocycles. The van der Waals surface area contributed by atoms with Crippen molar-refractivity contribution in [2.45, 2.75) is 110 Å². The number of Topliss-reactive ketones (excluding diaryl/α,β-unsaturated/α-hetero) is 4. The van der Waals surface area contributed by atoms with Crippen LogP contribution in [0.4, 0.5) is 0 Å². The van der Waals surface area contributed by atoms with Gasteiger partial charge < -0.3 is 14.8 Å². The van der Waals surface area contributed by atoms with Crippen molar-refractivity contribution in [2.75, 3.05) is 7.05 Å². The Balaban J connectivity index is 0.000000727. The number of amides is 1. The minimum atomic E-state index is -0.159. The highest BCUT2D eigenvalue weighted by Gasteiger charge is 2.23. The number of phenolic OH excluding ortho intramolecular Hbond substituents is 1. The van der Waals surface area contributed by atoms with Crippen molar-refractivity contribution in [3.63, 3.8) is 0 Å². The lowest BCUT2D eigenvalue weighted by Gasteiger charge is -2.18. The largest absolute Gasteiger partial charge is 0.507 e. The summed E-state index contributed by atoms with van der Waals surface area (Å²) in [5.41, 5.74) is 3.33. The van der Waals surface area contributed by atoms with Crippen molar-refractivity contribution in [3.8, 4) is 5.75 Å². The number of nitrogens with one attached hydrogen (secondary N) is 1. The lowest BCUT2D eigenvalue weighted by molar-refractivity contribution is -0.129. The highest BCUT2D eigenvalue weighted by molar-refractivity contribution is 5.99. The van der Waals surface area contributed by atoms with Crippen LogP contribution in [-0.2, 0) is 9.59 Å². The number of hydrogen-bond acceptors (Lipinski definition) is 10. The number of benzene rings is 2. The molecule has 0 saturated carbocycles. The van der Waals surface area contributed by atoms with Crippen LogP contribution < -0.4 is 5.32 Å². The average molecular weight is 853 g/mol. The van der Waals surface area contributed by atoms with E-state index in [2.05, 4.69) is 34.1 Å². The Hall–Kier alpha value is -5.84. The monoisotopic (exact) mass is 853 g/mol. The first-order valence-corrected chi connectivity index (χ1v) is 21.2. The zero-order chi connectivity index (χ0) is 47.7. The van der Waals surface area contributed by atoms with Crippen molar-refractivity contribution >= 4 is 40.1 Å². The fourth-order valence-corrected chi connectivity index (χ4v) is 4.93. The minimum absolute atomic E-state index is 0.0203. The molecule has 3 heterocycles. The van der Waals surface area contributed by atoms with Gasteiger partial charge in [-0.15, -0.1) is 0 Å².